The second kappa shape index (κ2) is 14.4. The van der Waals surface area contributed by atoms with E-state index in [0.717, 1.165) is 36.4 Å². The molecule has 1 saturated carbocycles. The Morgan fingerprint density at radius 2 is 1.60 bits per heavy atom. The number of halogens is 2. The first-order valence-electron chi connectivity index (χ1n) is 14.3. The van der Waals surface area contributed by atoms with Crippen molar-refractivity contribution < 1.29 is 18.0 Å². The number of rotatable bonds is 11. The van der Waals surface area contributed by atoms with Gasteiger partial charge in [-0.15, -0.1) is 0 Å². The highest BCUT2D eigenvalue weighted by molar-refractivity contribution is 7.92. The van der Waals surface area contributed by atoms with E-state index >= 15 is 0 Å². The molecule has 10 heteroatoms. The standard InChI is InChI=1S/C32H37Cl2N3O4S/c1-3-29(32(39)35-25-13-6-4-7-14-25)36(21-24-18-19-27(33)28(34)20-24)31(38)22-37(30-17-11-10-12-23(30)2)42(40,41)26-15-8-5-9-16-26/h5,8-12,15-20,25,29H,3-4,6-7,13-14,21-22H2,1-2H3,(H,35,39)/t29-/m0/s1. The average molecular weight is 631 g/mol. The predicted octanol–water partition coefficient (Wildman–Crippen LogP) is 6.75. The number of carbonyl (C=O) groups is 2. The van der Waals surface area contributed by atoms with E-state index in [4.69, 9.17) is 23.2 Å². The summed E-state index contributed by atoms with van der Waals surface area (Å²) in [5, 5.41) is 3.85. The Balaban J connectivity index is 1.72. The molecule has 0 aliphatic heterocycles. The molecule has 1 N–H and O–H groups in total. The van der Waals surface area contributed by atoms with E-state index in [1.165, 1.54) is 17.0 Å². The number of amides is 2. The fraction of sp³-hybridized carbons (Fsp3) is 0.375. The quantitative estimate of drug-likeness (QED) is 0.254. The number of nitrogens with zero attached hydrogens (tertiary/aromatic N) is 2. The molecule has 1 aliphatic rings. The van der Waals surface area contributed by atoms with Crippen molar-refractivity contribution in [3.05, 3.63) is 94.0 Å². The SMILES string of the molecule is CC[C@@H](C(=O)NC1CCCCC1)N(Cc1ccc(Cl)c(Cl)c1)C(=O)CN(c1ccccc1C)S(=O)(=O)c1ccccc1. The molecule has 0 saturated heterocycles. The largest absolute Gasteiger partial charge is 0.352 e. The van der Waals surface area contributed by atoms with Crippen LogP contribution in [0.2, 0.25) is 10.0 Å². The second-order valence-electron chi connectivity index (χ2n) is 10.6. The Hall–Kier alpha value is -3.07. The zero-order valence-electron chi connectivity index (χ0n) is 23.9. The third-order valence-corrected chi connectivity index (χ3v) is 10.2. The molecule has 2 amide bonds. The lowest BCUT2D eigenvalue weighted by molar-refractivity contribution is -0.140. The van der Waals surface area contributed by atoms with Gasteiger partial charge in [0.25, 0.3) is 10.0 Å². The maximum Gasteiger partial charge on any atom is 0.264 e. The van der Waals surface area contributed by atoms with Gasteiger partial charge in [-0.25, -0.2) is 8.42 Å². The summed E-state index contributed by atoms with van der Waals surface area (Å²) in [4.78, 5) is 29.4. The van der Waals surface area contributed by atoms with Gasteiger partial charge in [-0.1, -0.05) is 91.9 Å². The number of hydrogen-bond donors (Lipinski definition) is 1. The Kier molecular flexibility index (Phi) is 10.9. The summed E-state index contributed by atoms with van der Waals surface area (Å²) in [6.07, 6.45) is 5.41. The Morgan fingerprint density at radius 1 is 0.929 bits per heavy atom. The number of para-hydroxylation sites is 1. The molecule has 1 fully saturated rings. The van der Waals surface area contributed by atoms with E-state index in [1.807, 2.05) is 13.0 Å². The Morgan fingerprint density at radius 3 is 2.24 bits per heavy atom. The monoisotopic (exact) mass is 629 g/mol. The van der Waals surface area contributed by atoms with Crippen molar-refractivity contribution in [2.24, 2.45) is 0 Å². The molecule has 4 rings (SSSR count). The summed E-state index contributed by atoms with van der Waals surface area (Å²) in [6, 6.07) is 19.4. The van der Waals surface area contributed by atoms with E-state index in [9.17, 15) is 18.0 Å². The van der Waals surface area contributed by atoms with Crippen LogP contribution in [0.15, 0.2) is 77.7 Å². The van der Waals surface area contributed by atoms with Crippen LogP contribution in [0.3, 0.4) is 0 Å². The van der Waals surface area contributed by atoms with E-state index in [0.29, 0.717) is 33.3 Å². The van der Waals surface area contributed by atoms with Crippen LogP contribution in [0, 0.1) is 6.92 Å². The lowest BCUT2D eigenvalue weighted by atomic mass is 9.95. The van der Waals surface area contributed by atoms with Gasteiger partial charge in [0, 0.05) is 12.6 Å². The highest BCUT2D eigenvalue weighted by atomic mass is 35.5. The van der Waals surface area contributed by atoms with Gasteiger partial charge >= 0.3 is 0 Å². The van der Waals surface area contributed by atoms with Crippen molar-refractivity contribution >= 4 is 50.7 Å². The number of hydrogen-bond acceptors (Lipinski definition) is 4. The lowest BCUT2D eigenvalue weighted by Crippen LogP contribution is -2.54. The van der Waals surface area contributed by atoms with Crippen LogP contribution in [0.5, 0.6) is 0 Å². The van der Waals surface area contributed by atoms with Crippen molar-refractivity contribution in [2.45, 2.75) is 75.9 Å². The van der Waals surface area contributed by atoms with Gasteiger partial charge in [0.2, 0.25) is 11.8 Å². The minimum absolute atomic E-state index is 0.0549. The molecule has 3 aromatic carbocycles. The molecule has 1 atom stereocenters. The van der Waals surface area contributed by atoms with Gasteiger partial charge in [0.05, 0.1) is 20.6 Å². The van der Waals surface area contributed by atoms with Crippen molar-refractivity contribution in [3.8, 4) is 0 Å². The van der Waals surface area contributed by atoms with Crippen molar-refractivity contribution in [1.82, 2.24) is 10.2 Å². The Bertz CT molecular complexity index is 1490. The van der Waals surface area contributed by atoms with Crippen LogP contribution in [0.1, 0.15) is 56.6 Å². The highest BCUT2D eigenvalue weighted by Gasteiger charge is 2.34. The molecule has 1 aliphatic carbocycles. The molecular formula is C32H37Cl2N3O4S. The zero-order chi connectivity index (χ0) is 30.3. The lowest BCUT2D eigenvalue weighted by Gasteiger charge is -2.34. The van der Waals surface area contributed by atoms with Gasteiger partial charge in [-0.3, -0.25) is 13.9 Å². The molecular weight excluding hydrogens is 593 g/mol. The molecule has 224 valence electrons. The molecule has 0 unspecified atom stereocenters. The van der Waals surface area contributed by atoms with Crippen molar-refractivity contribution in [2.75, 3.05) is 10.8 Å². The zero-order valence-corrected chi connectivity index (χ0v) is 26.3. The molecule has 0 spiro atoms. The molecule has 0 radical (unpaired) electrons. The van der Waals surface area contributed by atoms with Gasteiger partial charge in [-0.05, 0) is 67.6 Å². The first-order valence-corrected chi connectivity index (χ1v) is 16.5. The van der Waals surface area contributed by atoms with Crippen molar-refractivity contribution in [3.63, 3.8) is 0 Å². The third-order valence-electron chi connectivity index (χ3n) is 7.67. The van der Waals surface area contributed by atoms with E-state index in [-0.39, 0.29) is 23.4 Å². The first kappa shape index (κ1) is 31.9. The summed E-state index contributed by atoms with van der Waals surface area (Å²) in [5.41, 5.74) is 1.77. The van der Waals surface area contributed by atoms with Crippen molar-refractivity contribution in [1.29, 1.82) is 0 Å². The normalized spacial score (nSPS) is 14.7. The molecule has 3 aromatic rings. The highest BCUT2D eigenvalue weighted by Crippen LogP contribution is 2.28. The number of benzene rings is 3. The minimum Gasteiger partial charge on any atom is -0.352 e. The summed E-state index contributed by atoms with van der Waals surface area (Å²) < 4.78 is 29.1. The maximum atomic E-state index is 14.3. The molecule has 0 aromatic heterocycles. The summed E-state index contributed by atoms with van der Waals surface area (Å²) in [6.45, 7) is 3.21. The summed E-state index contributed by atoms with van der Waals surface area (Å²) in [5.74, 6) is -0.749. The third kappa shape index (κ3) is 7.65. The average Bonchev–Trinajstić information content (AvgIpc) is 2.99. The second-order valence-corrected chi connectivity index (χ2v) is 13.3. The van der Waals surface area contributed by atoms with E-state index < -0.39 is 28.5 Å². The Labute approximate surface area is 258 Å². The number of anilines is 1. The number of sulfonamides is 1. The minimum atomic E-state index is -4.12. The van der Waals surface area contributed by atoms with Crippen LogP contribution in [0.25, 0.3) is 0 Å². The number of aryl methyl sites for hydroxylation is 1. The van der Waals surface area contributed by atoms with Crippen LogP contribution in [0.4, 0.5) is 5.69 Å². The summed E-state index contributed by atoms with van der Waals surface area (Å²) in [7, 11) is -4.12. The van der Waals surface area contributed by atoms with Crippen LogP contribution >= 0.6 is 23.2 Å². The van der Waals surface area contributed by atoms with Crippen LogP contribution in [-0.2, 0) is 26.2 Å². The fourth-order valence-corrected chi connectivity index (χ4v) is 7.20. The van der Waals surface area contributed by atoms with Crippen LogP contribution < -0.4 is 9.62 Å². The topological polar surface area (TPSA) is 86.8 Å². The van der Waals surface area contributed by atoms with Gasteiger partial charge in [0.15, 0.2) is 0 Å². The fourth-order valence-electron chi connectivity index (χ4n) is 5.37. The molecule has 0 heterocycles. The predicted molar refractivity (Wildman–Crippen MR) is 168 cm³/mol. The van der Waals surface area contributed by atoms with Gasteiger partial charge < -0.3 is 10.2 Å². The molecule has 42 heavy (non-hydrogen) atoms. The molecule has 7 nitrogen and oxygen atoms in total. The smallest absolute Gasteiger partial charge is 0.264 e. The number of nitrogens with one attached hydrogen (secondary N) is 1. The van der Waals surface area contributed by atoms with Gasteiger partial charge in [0.1, 0.15) is 12.6 Å². The van der Waals surface area contributed by atoms with Gasteiger partial charge in [-0.2, -0.15) is 0 Å². The molecule has 0 bridgehead atoms. The first-order chi connectivity index (χ1) is 20.1. The van der Waals surface area contributed by atoms with E-state index in [2.05, 4.69) is 5.32 Å². The maximum absolute atomic E-state index is 14.3. The van der Waals surface area contributed by atoms with Crippen LogP contribution in [-0.4, -0.2) is 43.8 Å². The van der Waals surface area contributed by atoms with E-state index in [1.54, 1.807) is 61.5 Å². The number of carbonyl (C=O) groups excluding carboxylic acids is 2. The summed E-state index contributed by atoms with van der Waals surface area (Å²) >= 11 is 12.4.